The van der Waals surface area contributed by atoms with Crippen LogP contribution in [0.2, 0.25) is 5.02 Å². The monoisotopic (exact) mass is 303 g/mol. The average Bonchev–Trinajstić information content (AvgIpc) is 2.46. The highest BCUT2D eigenvalue weighted by molar-refractivity contribution is 6.31. The Labute approximate surface area is 132 Å². The zero-order valence-electron chi connectivity index (χ0n) is 13.0. The van der Waals surface area contributed by atoms with Gasteiger partial charge in [0, 0.05) is 5.02 Å². The van der Waals surface area contributed by atoms with E-state index >= 15 is 0 Å². The third kappa shape index (κ3) is 3.39. The Kier molecular flexibility index (Phi) is 5.27. The molecule has 0 aliphatic heterocycles. The fourth-order valence-corrected chi connectivity index (χ4v) is 3.00. The quantitative estimate of drug-likeness (QED) is 0.867. The molecule has 0 aromatic heterocycles. The maximum atomic E-state index is 6.47. The number of halogens is 1. The van der Waals surface area contributed by atoms with E-state index in [1.807, 2.05) is 18.2 Å². The fourth-order valence-electron chi connectivity index (χ4n) is 2.72. The molecule has 2 rings (SSSR count). The SMILES string of the molecule is CCNC(c1ccc(OC)cc1Cl)c1c(C)cccc1C. The molecule has 3 heteroatoms. The molecule has 0 radical (unpaired) electrons. The molecule has 1 N–H and O–H groups in total. The summed E-state index contributed by atoms with van der Waals surface area (Å²) in [6.07, 6.45) is 0. The van der Waals surface area contributed by atoms with Gasteiger partial charge in [0.1, 0.15) is 5.75 Å². The van der Waals surface area contributed by atoms with E-state index < -0.39 is 0 Å². The van der Waals surface area contributed by atoms with Crippen molar-refractivity contribution in [1.82, 2.24) is 5.32 Å². The van der Waals surface area contributed by atoms with Crippen molar-refractivity contribution >= 4 is 11.6 Å². The summed E-state index contributed by atoms with van der Waals surface area (Å²) in [5, 5.41) is 4.27. The van der Waals surface area contributed by atoms with Gasteiger partial charge in [0.15, 0.2) is 0 Å². The molecule has 0 spiro atoms. The lowest BCUT2D eigenvalue weighted by Crippen LogP contribution is -2.24. The highest BCUT2D eigenvalue weighted by atomic mass is 35.5. The van der Waals surface area contributed by atoms with Crippen molar-refractivity contribution in [3.63, 3.8) is 0 Å². The van der Waals surface area contributed by atoms with E-state index in [0.717, 1.165) is 22.9 Å². The van der Waals surface area contributed by atoms with Gasteiger partial charge in [-0.15, -0.1) is 0 Å². The molecule has 0 fully saturated rings. The predicted molar refractivity (Wildman–Crippen MR) is 89.4 cm³/mol. The van der Waals surface area contributed by atoms with Crippen LogP contribution >= 0.6 is 11.6 Å². The number of hydrogen-bond acceptors (Lipinski definition) is 2. The highest BCUT2D eigenvalue weighted by Gasteiger charge is 2.20. The van der Waals surface area contributed by atoms with Crippen LogP contribution in [0.3, 0.4) is 0 Å². The average molecular weight is 304 g/mol. The molecule has 0 heterocycles. The van der Waals surface area contributed by atoms with Crippen LogP contribution in [0.25, 0.3) is 0 Å². The first-order chi connectivity index (χ1) is 10.1. The molecule has 0 bridgehead atoms. The van der Waals surface area contributed by atoms with E-state index in [2.05, 4.69) is 44.3 Å². The number of nitrogens with one attached hydrogen (secondary N) is 1. The Balaban J connectivity index is 2.53. The van der Waals surface area contributed by atoms with Crippen LogP contribution in [0.1, 0.15) is 35.2 Å². The minimum Gasteiger partial charge on any atom is -0.497 e. The van der Waals surface area contributed by atoms with E-state index in [4.69, 9.17) is 16.3 Å². The lowest BCUT2D eigenvalue weighted by atomic mass is 9.91. The van der Waals surface area contributed by atoms with E-state index in [9.17, 15) is 0 Å². The number of hydrogen-bond donors (Lipinski definition) is 1. The second-order valence-corrected chi connectivity index (χ2v) is 5.59. The van der Waals surface area contributed by atoms with Gasteiger partial charge in [-0.3, -0.25) is 0 Å². The molecule has 0 saturated carbocycles. The van der Waals surface area contributed by atoms with Crippen molar-refractivity contribution in [2.24, 2.45) is 0 Å². The minimum absolute atomic E-state index is 0.0922. The van der Waals surface area contributed by atoms with E-state index in [0.29, 0.717) is 0 Å². The minimum atomic E-state index is 0.0922. The molecule has 0 aliphatic carbocycles. The van der Waals surface area contributed by atoms with Crippen molar-refractivity contribution < 1.29 is 4.74 Å². The summed E-state index contributed by atoms with van der Waals surface area (Å²) in [5.41, 5.74) is 4.92. The highest BCUT2D eigenvalue weighted by Crippen LogP contribution is 2.34. The van der Waals surface area contributed by atoms with Gasteiger partial charge < -0.3 is 10.1 Å². The topological polar surface area (TPSA) is 21.3 Å². The molecule has 0 amide bonds. The third-order valence-electron chi connectivity index (χ3n) is 3.76. The number of rotatable bonds is 5. The zero-order valence-corrected chi connectivity index (χ0v) is 13.8. The lowest BCUT2D eigenvalue weighted by Gasteiger charge is -2.24. The van der Waals surface area contributed by atoms with Gasteiger partial charge in [-0.2, -0.15) is 0 Å². The van der Waals surface area contributed by atoms with Crippen molar-refractivity contribution in [3.05, 3.63) is 63.7 Å². The first-order valence-electron chi connectivity index (χ1n) is 7.21. The number of aryl methyl sites for hydroxylation is 2. The summed E-state index contributed by atoms with van der Waals surface area (Å²) in [6.45, 7) is 7.27. The summed E-state index contributed by atoms with van der Waals surface area (Å²) in [5.74, 6) is 0.778. The van der Waals surface area contributed by atoms with Gasteiger partial charge in [0.2, 0.25) is 0 Å². The molecule has 21 heavy (non-hydrogen) atoms. The first-order valence-corrected chi connectivity index (χ1v) is 7.59. The zero-order chi connectivity index (χ0) is 15.4. The van der Waals surface area contributed by atoms with Gasteiger partial charge in [-0.1, -0.05) is 42.8 Å². The molecular weight excluding hydrogens is 282 g/mol. The van der Waals surface area contributed by atoms with Crippen LogP contribution in [0.5, 0.6) is 5.75 Å². The number of ether oxygens (including phenoxy) is 1. The maximum Gasteiger partial charge on any atom is 0.120 e. The van der Waals surface area contributed by atoms with Gasteiger partial charge in [0.05, 0.1) is 13.2 Å². The second-order valence-electron chi connectivity index (χ2n) is 5.18. The van der Waals surface area contributed by atoms with Crippen molar-refractivity contribution in [2.45, 2.75) is 26.8 Å². The molecule has 2 aromatic rings. The smallest absolute Gasteiger partial charge is 0.120 e. The van der Waals surface area contributed by atoms with Crippen LogP contribution in [0.4, 0.5) is 0 Å². The number of methoxy groups -OCH3 is 1. The molecule has 2 aromatic carbocycles. The Bertz CT molecular complexity index is 604. The van der Waals surface area contributed by atoms with Crippen LogP contribution in [-0.2, 0) is 0 Å². The Morgan fingerprint density at radius 3 is 2.33 bits per heavy atom. The van der Waals surface area contributed by atoms with Crippen molar-refractivity contribution in [1.29, 1.82) is 0 Å². The Morgan fingerprint density at radius 1 is 1.14 bits per heavy atom. The van der Waals surface area contributed by atoms with E-state index in [-0.39, 0.29) is 6.04 Å². The molecule has 1 atom stereocenters. The van der Waals surface area contributed by atoms with E-state index in [1.54, 1.807) is 7.11 Å². The molecule has 0 aliphatic rings. The Morgan fingerprint density at radius 2 is 1.81 bits per heavy atom. The van der Waals surface area contributed by atoms with Crippen LogP contribution in [0.15, 0.2) is 36.4 Å². The Hall–Kier alpha value is -1.51. The van der Waals surface area contributed by atoms with Crippen molar-refractivity contribution in [2.75, 3.05) is 13.7 Å². The summed E-state index contributed by atoms with van der Waals surface area (Å²) >= 11 is 6.47. The lowest BCUT2D eigenvalue weighted by molar-refractivity contribution is 0.414. The van der Waals surface area contributed by atoms with E-state index in [1.165, 1.54) is 16.7 Å². The fraction of sp³-hybridized carbons (Fsp3) is 0.333. The standard InChI is InChI=1S/C18H22ClNO/c1-5-20-18(17-12(2)7-6-8-13(17)3)15-10-9-14(21-4)11-16(15)19/h6-11,18,20H,5H2,1-4H3. The van der Waals surface area contributed by atoms with Crippen LogP contribution in [0, 0.1) is 13.8 Å². The van der Waals surface area contributed by atoms with Gasteiger partial charge >= 0.3 is 0 Å². The van der Waals surface area contributed by atoms with Gasteiger partial charge in [-0.05, 0) is 54.8 Å². The van der Waals surface area contributed by atoms with Crippen LogP contribution in [-0.4, -0.2) is 13.7 Å². The summed E-state index contributed by atoms with van der Waals surface area (Å²) in [7, 11) is 1.65. The largest absolute Gasteiger partial charge is 0.497 e. The summed E-state index contributed by atoms with van der Waals surface area (Å²) in [6, 6.07) is 12.3. The van der Waals surface area contributed by atoms with Crippen LogP contribution < -0.4 is 10.1 Å². The summed E-state index contributed by atoms with van der Waals surface area (Å²) in [4.78, 5) is 0. The third-order valence-corrected chi connectivity index (χ3v) is 4.09. The molecule has 0 saturated heterocycles. The molecule has 2 nitrogen and oxygen atoms in total. The summed E-state index contributed by atoms with van der Waals surface area (Å²) < 4.78 is 5.24. The molecule has 112 valence electrons. The van der Waals surface area contributed by atoms with Gasteiger partial charge in [0.25, 0.3) is 0 Å². The second kappa shape index (κ2) is 6.97. The normalized spacial score (nSPS) is 12.2. The molecule has 1 unspecified atom stereocenters. The predicted octanol–water partition coefficient (Wildman–Crippen LogP) is 4.66. The first kappa shape index (κ1) is 15.9. The van der Waals surface area contributed by atoms with Crippen molar-refractivity contribution in [3.8, 4) is 5.75 Å². The number of benzene rings is 2. The maximum absolute atomic E-state index is 6.47. The molecular formula is C18H22ClNO. The van der Waals surface area contributed by atoms with Gasteiger partial charge in [-0.25, -0.2) is 0 Å².